The maximum Gasteiger partial charge on any atom is 0.178 e. The zero-order valence-electron chi connectivity index (χ0n) is 10.7. The molecule has 0 amide bonds. The summed E-state index contributed by atoms with van der Waals surface area (Å²) in [6.07, 6.45) is 0. The first kappa shape index (κ1) is 14.8. The van der Waals surface area contributed by atoms with Gasteiger partial charge in [0.1, 0.15) is 5.82 Å². The maximum absolute atomic E-state index is 13.0. The SMILES string of the molecule is CCS(=O)(=O)c1ccc(Nc2ccc(F)c(Cl)c2)cc1. The molecule has 0 aliphatic heterocycles. The van der Waals surface area contributed by atoms with Gasteiger partial charge in [-0.05, 0) is 42.5 Å². The van der Waals surface area contributed by atoms with Gasteiger partial charge in [-0.2, -0.15) is 0 Å². The Hall–Kier alpha value is -1.59. The fourth-order valence-corrected chi connectivity index (χ4v) is 2.72. The molecule has 0 radical (unpaired) electrons. The summed E-state index contributed by atoms with van der Waals surface area (Å²) in [5.41, 5.74) is 1.32. The Morgan fingerprint density at radius 3 is 2.25 bits per heavy atom. The highest BCUT2D eigenvalue weighted by Crippen LogP contribution is 2.23. The molecule has 6 heteroatoms. The summed E-state index contributed by atoms with van der Waals surface area (Å²) in [6, 6.07) is 10.7. The Morgan fingerprint density at radius 2 is 1.70 bits per heavy atom. The van der Waals surface area contributed by atoms with Crippen molar-refractivity contribution in [2.75, 3.05) is 11.1 Å². The van der Waals surface area contributed by atoms with Crippen LogP contribution in [0.5, 0.6) is 0 Å². The monoisotopic (exact) mass is 313 g/mol. The van der Waals surface area contributed by atoms with Gasteiger partial charge in [-0.25, -0.2) is 12.8 Å². The van der Waals surface area contributed by atoms with Gasteiger partial charge in [-0.3, -0.25) is 0 Å². The van der Waals surface area contributed by atoms with Crippen molar-refractivity contribution in [3.05, 3.63) is 53.3 Å². The molecule has 0 saturated carbocycles. The number of hydrogen-bond donors (Lipinski definition) is 1. The Bertz CT molecular complexity index is 714. The molecule has 0 heterocycles. The minimum absolute atomic E-state index is 0.0279. The molecule has 0 aliphatic carbocycles. The average molecular weight is 314 g/mol. The summed E-state index contributed by atoms with van der Waals surface area (Å²) in [6.45, 7) is 1.60. The van der Waals surface area contributed by atoms with Crippen LogP contribution >= 0.6 is 11.6 Å². The third-order valence-corrected chi connectivity index (χ3v) is 4.84. The topological polar surface area (TPSA) is 46.2 Å². The molecule has 0 spiro atoms. The first-order chi connectivity index (χ1) is 9.42. The van der Waals surface area contributed by atoms with Crippen LogP contribution in [0.3, 0.4) is 0 Å². The fraction of sp³-hybridized carbons (Fsp3) is 0.143. The molecular formula is C14H13ClFNO2S. The van der Waals surface area contributed by atoms with Crippen molar-refractivity contribution < 1.29 is 12.8 Å². The maximum atomic E-state index is 13.0. The van der Waals surface area contributed by atoms with Gasteiger partial charge in [0, 0.05) is 11.4 Å². The Morgan fingerprint density at radius 1 is 1.10 bits per heavy atom. The van der Waals surface area contributed by atoms with Crippen molar-refractivity contribution >= 4 is 32.8 Å². The molecule has 0 saturated heterocycles. The zero-order valence-corrected chi connectivity index (χ0v) is 12.3. The highest BCUT2D eigenvalue weighted by Gasteiger charge is 2.10. The first-order valence-corrected chi connectivity index (χ1v) is 8.00. The highest BCUT2D eigenvalue weighted by molar-refractivity contribution is 7.91. The van der Waals surface area contributed by atoms with Crippen LogP contribution in [0.15, 0.2) is 47.4 Å². The molecule has 2 aromatic carbocycles. The number of anilines is 2. The van der Waals surface area contributed by atoms with E-state index in [9.17, 15) is 12.8 Å². The summed E-state index contributed by atoms with van der Waals surface area (Å²) < 4.78 is 36.4. The van der Waals surface area contributed by atoms with Crippen molar-refractivity contribution in [2.24, 2.45) is 0 Å². The average Bonchev–Trinajstić information content (AvgIpc) is 2.43. The van der Waals surface area contributed by atoms with Crippen molar-refractivity contribution in [1.29, 1.82) is 0 Å². The Labute approximate surface area is 122 Å². The lowest BCUT2D eigenvalue weighted by Gasteiger charge is -2.08. The lowest BCUT2D eigenvalue weighted by atomic mass is 10.2. The van der Waals surface area contributed by atoms with Gasteiger partial charge in [0.2, 0.25) is 0 Å². The number of nitrogens with one attached hydrogen (secondary N) is 1. The quantitative estimate of drug-likeness (QED) is 0.927. The third kappa shape index (κ3) is 3.29. The normalized spacial score (nSPS) is 11.3. The van der Waals surface area contributed by atoms with E-state index < -0.39 is 15.7 Å². The van der Waals surface area contributed by atoms with E-state index in [1.165, 1.54) is 24.3 Å². The second kappa shape index (κ2) is 5.81. The van der Waals surface area contributed by atoms with Crippen LogP contribution in [0.25, 0.3) is 0 Å². The molecule has 1 N–H and O–H groups in total. The number of rotatable bonds is 4. The molecule has 2 rings (SSSR count). The van der Waals surface area contributed by atoms with E-state index in [-0.39, 0.29) is 15.7 Å². The van der Waals surface area contributed by atoms with Gasteiger partial charge in [-0.15, -0.1) is 0 Å². The zero-order chi connectivity index (χ0) is 14.8. The van der Waals surface area contributed by atoms with Gasteiger partial charge in [0.15, 0.2) is 9.84 Å². The van der Waals surface area contributed by atoms with E-state index in [1.54, 1.807) is 25.1 Å². The van der Waals surface area contributed by atoms with Crippen LogP contribution in [0, 0.1) is 5.82 Å². The van der Waals surface area contributed by atoms with Gasteiger partial charge >= 0.3 is 0 Å². The highest BCUT2D eigenvalue weighted by atomic mass is 35.5. The van der Waals surface area contributed by atoms with E-state index in [1.807, 2.05) is 0 Å². The van der Waals surface area contributed by atoms with Crippen LogP contribution in [-0.2, 0) is 9.84 Å². The molecule has 0 bridgehead atoms. The number of sulfone groups is 1. The number of halogens is 2. The summed E-state index contributed by atoms with van der Waals surface area (Å²) in [7, 11) is -3.20. The van der Waals surface area contributed by atoms with E-state index in [0.29, 0.717) is 11.4 Å². The lowest BCUT2D eigenvalue weighted by Crippen LogP contribution is -2.03. The van der Waals surface area contributed by atoms with Gasteiger partial charge < -0.3 is 5.32 Å². The van der Waals surface area contributed by atoms with E-state index in [0.717, 1.165) is 0 Å². The molecule has 20 heavy (non-hydrogen) atoms. The third-order valence-electron chi connectivity index (χ3n) is 2.80. The van der Waals surface area contributed by atoms with Crippen LogP contribution in [0.1, 0.15) is 6.92 Å². The van der Waals surface area contributed by atoms with Crippen molar-refractivity contribution in [3.8, 4) is 0 Å². The standard InChI is InChI=1S/C14H13ClFNO2S/c1-2-20(18,19)12-6-3-10(4-7-12)17-11-5-8-14(16)13(15)9-11/h3-9,17H,2H2,1H3. The summed E-state index contributed by atoms with van der Waals surface area (Å²) in [5, 5.41) is 3.05. The largest absolute Gasteiger partial charge is 0.355 e. The number of hydrogen-bond acceptors (Lipinski definition) is 3. The van der Waals surface area contributed by atoms with Gasteiger partial charge in [0.25, 0.3) is 0 Å². The van der Waals surface area contributed by atoms with Crippen molar-refractivity contribution in [3.63, 3.8) is 0 Å². The summed E-state index contributed by atoms with van der Waals surface area (Å²) in [5.74, 6) is -0.422. The second-order valence-electron chi connectivity index (χ2n) is 4.18. The molecule has 0 aromatic heterocycles. The lowest BCUT2D eigenvalue weighted by molar-refractivity contribution is 0.597. The Kier molecular flexibility index (Phi) is 4.30. The van der Waals surface area contributed by atoms with Crippen LogP contribution in [0.4, 0.5) is 15.8 Å². The minimum Gasteiger partial charge on any atom is -0.355 e. The van der Waals surface area contributed by atoms with E-state index in [2.05, 4.69) is 5.32 Å². The van der Waals surface area contributed by atoms with Crippen molar-refractivity contribution in [1.82, 2.24) is 0 Å². The summed E-state index contributed by atoms with van der Waals surface area (Å²) >= 11 is 5.69. The molecular weight excluding hydrogens is 301 g/mol. The van der Waals surface area contributed by atoms with Gasteiger partial charge in [-0.1, -0.05) is 18.5 Å². The smallest absolute Gasteiger partial charge is 0.178 e. The first-order valence-electron chi connectivity index (χ1n) is 5.97. The molecule has 0 aliphatic rings. The molecule has 2 aromatic rings. The van der Waals surface area contributed by atoms with E-state index >= 15 is 0 Å². The predicted molar refractivity (Wildman–Crippen MR) is 78.9 cm³/mol. The molecule has 0 fully saturated rings. The fourth-order valence-electron chi connectivity index (χ4n) is 1.65. The number of benzene rings is 2. The van der Waals surface area contributed by atoms with E-state index in [4.69, 9.17) is 11.6 Å². The van der Waals surface area contributed by atoms with Gasteiger partial charge in [0.05, 0.1) is 15.7 Å². The Balaban J connectivity index is 2.21. The van der Waals surface area contributed by atoms with Crippen LogP contribution in [-0.4, -0.2) is 14.2 Å². The van der Waals surface area contributed by atoms with Crippen molar-refractivity contribution in [2.45, 2.75) is 11.8 Å². The molecule has 0 atom stereocenters. The molecule has 3 nitrogen and oxygen atoms in total. The minimum atomic E-state index is -3.20. The summed E-state index contributed by atoms with van der Waals surface area (Å²) in [4.78, 5) is 0.280. The molecule has 106 valence electrons. The predicted octanol–water partition coefficient (Wildman–Crippen LogP) is 4.02. The molecule has 0 unspecified atom stereocenters. The van der Waals surface area contributed by atoms with Crippen LogP contribution in [0.2, 0.25) is 5.02 Å². The van der Waals surface area contributed by atoms with Crippen LogP contribution < -0.4 is 5.32 Å². The second-order valence-corrected chi connectivity index (χ2v) is 6.87.